The first-order valence-corrected chi connectivity index (χ1v) is 19.4. The van der Waals surface area contributed by atoms with Crippen LogP contribution >= 0.6 is 0 Å². The minimum Gasteiger partial charge on any atom is -0.457 e. The number of para-hydroxylation sites is 3. The topological polar surface area (TPSA) is 74.2 Å². The monoisotopic (exact) mass is 743 g/mol. The van der Waals surface area contributed by atoms with Crippen LogP contribution in [0.1, 0.15) is 22.3 Å². The maximum Gasteiger partial charge on any atom is 0.164 e. The van der Waals surface area contributed by atoms with Gasteiger partial charge in [0.1, 0.15) is 33.8 Å². The van der Waals surface area contributed by atoms with Crippen molar-refractivity contribution in [3.05, 3.63) is 198 Å². The zero-order valence-corrected chi connectivity index (χ0v) is 30.8. The summed E-state index contributed by atoms with van der Waals surface area (Å²) in [4.78, 5) is 15.6. The number of hydrogen-bond acceptors (Lipinski definition) is 6. The Morgan fingerprint density at radius 2 is 0.879 bits per heavy atom. The fraction of sp³-hybridized carbons (Fsp3) is 0.0192. The highest BCUT2D eigenvalue weighted by Crippen LogP contribution is 2.62. The van der Waals surface area contributed by atoms with E-state index in [0.717, 1.165) is 88.8 Å². The molecule has 0 amide bonds. The minimum atomic E-state index is -0.598. The second-order valence-electron chi connectivity index (χ2n) is 15.0. The van der Waals surface area contributed by atoms with E-state index in [-0.39, 0.29) is 0 Å². The van der Waals surface area contributed by atoms with Gasteiger partial charge in [-0.15, -0.1) is 0 Å². The van der Waals surface area contributed by atoms with Crippen LogP contribution in [0.25, 0.3) is 89.2 Å². The molecule has 0 N–H and O–H groups in total. The zero-order valence-electron chi connectivity index (χ0n) is 30.8. The fourth-order valence-electron chi connectivity index (χ4n) is 9.65. The summed E-state index contributed by atoms with van der Waals surface area (Å²) >= 11 is 0. The number of aromatic nitrogens is 3. The zero-order chi connectivity index (χ0) is 38.0. The molecular formula is C52H29N3O3. The molecule has 0 radical (unpaired) electrons. The molecule has 1 aliphatic heterocycles. The van der Waals surface area contributed by atoms with Gasteiger partial charge in [-0.1, -0.05) is 133 Å². The molecule has 6 nitrogen and oxygen atoms in total. The van der Waals surface area contributed by atoms with Gasteiger partial charge in [-0.25, -0.2) is 15.0 Å². The Morgan fingerprint density at radius 1 is 0.345 bits per heavy atom. The molecule has 58 heavy (non-hydrogen) atoms. The summed E-state index contributed by atoms with van der Waals surface area (Å²) in [7, 11) is 0. The number of fused-ring (bicyclic) bond motifs is 15. The average molecular weight is 744 g/mol. The van der Waals surface area contributed by atoms with E-state index in [0.29, 0.717) is 17.5 Å². The normalized spacial score (nSPS) is 13.4. The fourth-order valence-corrected chi connectivity index (χ4v) is 9.65. The van der Waals surface area contributed by atoms with Gasteiger partial charge in [-0.05, 0) is 64.7 Å². The lowest BCUT2D eigenvalue weighted by molar-refractivity contribution is 0.436. The van der Waals surface area contributed by atoms with E-state index in [4.69, 9.17) is 28.5 Å². The average Bonchev–Trinajstić information content (AvgIpc) is 3.94. The van der Waals surface area contributed by atoms with Crippen LogP contribution in [0.15, 0.2) is 185 Å². The van der Waals surface area contributed by atoms with Gasteiger partial charge >= 0.3 is 0 Å². The molecule has 2 aliphatic rings. The van der Waals surface area contributed by atoms with Gasteiger partial charge in [0.15, 0.2) is 17.5 Å². The predicted octanol–water partition coefficient (Wildman–Crippen LogP) is 13.1. The van der Waals surface area contributed by atoms with Gasteiger partial charge in [0, 0.05) is 49.4 Å². The maximum atomic E-state index is 6.86. The number of hydrogen-bond donors (Lipinski definition) is 0. The molecule has 11 aromatic rings. The van der Waals surface area contributed by atoms with E-state index in [2.05, 4.69) is 91.0 Å². The first-order valence-electron chi connectivity index (χ1n) is 19.4. The van der Waals surface area contributed by atoms with Gasteiger partial charge in [0.2, 0.25) is 0 Å². The first kappa shape index (κ1) is 31.4. The molecule has 1 spiro atoms. The van der Waals surface area contributed by atoms with Gasteiger partial charge in [-0.2, -0.15) is 0 Å². The molecule has 0 saturated carbocycles. The van der Waals surface area contributed by atoms with Gasteiger partial charge in [0.25, 0.3) is 0 Å². The van der Waals surface area contributed by atoms with Gasteiger partial charge < -0.3 is 13.6 Å². The van der Waals surface area contributed by atoms with Crippen molar-refractivity contribution in [1.29, 1.82) is 0 Å². The van der Waals surface area contributed by atoms with Crippen LogP contribution < -0.4 is 4.74 Å². The highest BCUT2D eigenvalue weighted by Gasteiger charge is 2.51. The Morgan fingerprint density at radius 3 is 1.60 bits per heavy atom. The lowest BCUT2D eigenvalue weighted by Crippen LogP contribution is -2.32. The van der Waals surface area contributed by atoms with E-state index < -0.39 is 5.41 Å². The molecular weight excluding hydrogens is 715 g/mol. The summed E-state index contributed by atoms with van der Waals surface area (Å²) in [5.41, 5.74) is 12.2. The second kappa shape index (κ2) is 11.6. The Kier molecular flexibility index (Phi) is 6.28. The molecule has 270 valence electrons. The number of furan rings is 2. The molecule has 0 unspecified atom stereocenters. The number of rotatable bonds is 3. The largest absolute Gasteiger partial charge is 0.457 e. The smallest absolute Gasteiger partial charge is 0.164 e. The number of ether oxygens (including phenoxy) is 1. The Balaban J connectivity index is 1.09. The quantitative estimate of drug-likeness (QED) is 0.179. The summed E-state index contributed by atoms with van der Waals surface area (Å²) in [6, 6.07) is 60.6. The summed E-state index contributed by atoms with van der Waals surface area (Å²) in [6.45, 7) is 0. The summed E-state index contributed by atoms with van der Waals surface area (Å²) in [5.74, 6) is 3.43. The van der Waals surface area contributed by atoms with Crippen LogP contribution in [0.3, 0.4) is 0 Å². The number of nitrogens with zero attached hydrogens (tertiary/aromatic N) is 3. The van der Waals surface area contributed by atoms with Gasteiger partial charge in [0.05, 0.1) is 5.41 Å². The highest BCUT2D eigenvalue weighted by atomic mass is 16.5. The van der Waals surface area contributed by atoms with E-state index in [1.54, 1.807) is 0 Å². The summed E-state index contributed by atoms with van der Waals surface area (Å²) < 4.78 is 19.7. The molecule has 3 aromatic heterocycles. The lowest BCUT2D eigenvalue weighted by Gasteiger charge is -2.39. The third-order valence-corrected chi connectivity index (χ3v) is 12.0. The maximum absolute atomic E-state index is 6.86. The summed E-state index contributed by atoms with van der Waals surface area (Å²) in [5, 5.41) is 3.94. The van der Waals surface area contributed by atoms with Crippen molar-refractivity contribution in [2.45, 2.75) is 5.41 Å². The second-order valence-corrected chi connectivity index (χ2v) is 15.0. The van der Waals surface area contributed by atoms with Crippen molar-refractivity contribution in [2.75, 3.05) is 0 Å². The van der Waals surface area contributed by atoms with Crippen molar-refractivity contribution in [1.82, 2.24) is 15.0 Å². The Hall–Kier alpha value is -7.83. The third kappa shape index (κ3) is 4.18. The Labute approximate surface area is 331 Å². The van der Waals surface area contributed by atoms with Crippen LogP contribution in [0, 0.1) is 0 Å². The Bertz CT molecular complexity index is 3460. The van der Waals surface area contributed by atoms with E-state index in [9.17, 15) is 0 Å². The standard InChI is InChI=1S/C52H29N3O3/c1-2-14-30(15-3-1)49-53-50(33-18-12-26-44-47(33)32-17-5-9-23-41(32)56-44)55-51(54-49)34-19-13-27-45-48(34)36-28-35-31-16-4-6-20-37(31)52(40(35)29-46(36)58-45)38-21-7-10-24-42(38)57-43-25-11-8-22-39(43)52/h1-29H. The molecule has 13 rings (SSSR count). The van der Waals surface area contributed by atoms with Crippen LogP contribution in [0.2, 0.25) is 0 Å². The SMILES string of the molecule is c1ccc(-c2nc(-c3cccc4oc5ccccc5c34)nc(-c3cccc4oc5cc6c(cc5c34)-c3ccccc3C63c4ccccc4Oc4ccccc43)n2)cc1. The van der Waals surface area contributed by atoms with Gasteiger partial charge in [-0.3, -0.25) is 0 Å². The molecule has 4 heterocycles. The van der Waals surface area contributed by atoms with Crippen molar-refractivity contribution < 1.29 is 13.6 Å². The van der Waals surface area contributed by atoms with Crippen LogP contribution in [-0.2, 0) is 5.41 Å². The molecule has 0 bridgehead atoms. The summed E-state index contributed by atoms with van der Waals surface area (Å²) in [6.07, 6.45) is 0. The molecule has 0 atom stereocenters. The van der Waals surface area contributed by atoms with Crippen molar-refractivity contribution >= 4 is 43.9 Å². The van der Waals surface area contributed by atoms with Crippen LogP contribution in [0.4, 0.5) is 0 Å². The third-order valence-electron chi connectivity index (χ3n) is 12.0. The highest BCUT2D eigenvalue weighted by molar-refractivity contribution is 6.15. The van der Waals surface area contributed by atoms with E-state index in [1.807, 2.05) is 84.9 Å². The molecule has 0 fully saturated rings. The predicted molar refractivity (Wildman–Crippen MR) is 228 cm³/mol. The molecule has 6 heteroatoms. The van der Waals surface area contributed by atoms with Crippen molar-refractivity contribution in [3.8, 4) is 56.8 Å². The molecule has 1 aliphatic carbocycles. The van der Waals surface area contributed by atoms with Crippen LogP contribution in [-0.4, -0.2) is 15.0 Å². The van der Waals surface area contributed by atoms with Crippen LogP contribution in [0.5, 0.6) is 11.5 Å². The van der Waals surface area contributed by atoms with E-state index in [1.165, 1.54) is 16.7 Å². The van der Waals surface area contributed by atoms with Crippen molar-refractivity contribution in [2.24, 2.45) is 0 Å². The molecule has 8 aromatic carbocycles. The van der Waals surface area contributed by atoms with Crippen molar-refractivity contribution in [3.63, 3.8) is 0 Å². The first-order chi connectivity index (χ1) is 28.7. The van der Waals surface area contributed by atoms with E-state index >= 15 is 0 Å². The lowest BCUT2D eigenvalue weighted by atomic mass is 9.66. The number of benzene rings is 8. The minimum absolute atomic E-state index is 0.562. The molecule has 0 saturated heterocycles.